The highest BCUT2D eigenvalue weighted by Crippen LogP contribution is 2.21. The van der Waals surface area contributed by atoms with Crippen LogP contribution in [0.4, 0.5) is 14.7 Å². The van der Waals surface area contributed by atoms with Crippen molar-refractivity contribution in [3.05, 3.63) is 41.7 Å². The fraction of sp³-hybridized carbons (Fsp3) is 0.250. The molecule has 90 valence electrons. The van der Waals surface area contributed by atoms with Gasteiger partial charge in [0.05, 0.1) is 5.69 Å². The molecule has 0 radical (unpaired) electrons. The number of aryl methyl sites for hydroxylation is 1. The second kappa shape index (κ2) is 4.53. The van der Waals surface area contributed by atoms with E-state index in [0.717, 1.165) is 0 Å². The molecule has 0 aliphatic heterocycles. The summed E-state index contributed by atoms with van der Waals surface area (Å²) in [5.41, 5.74) is 0.443. The molecule has 0 spiro atoms. The Balaban J connectivity index is 2.52. The van der Waals surface area contributed by atoms with Gasteiger partial charge in [-0.25, -0.2) is 13.8 Å². The Morgan fingerprint density at radius 3 is 2.76 bits per heavy atom. The number of rotatable bonds is 3. The fourth-order valence-electron chi connectivity index (χ4n) is 1.61. The molecule has 5 heteroatoms. The highest BCUT2D eigenvalue weighted by molar-refractivity contribution is 5.44. The lowest BCUT2D eigenvalue weighted by Gasteiger charge is -2.10. The summed E-state index contributed by atoms with van der Waals surface area (Å²) in [6.45, 7) is 4.10. The normalized spacial score (nSPS) is 10.6. The van der Waals surface area contributed by atoms with Gasteiger partial charge in [0.15, 0.2) is 0 Å². The molecule has 2 rings (SSSR count). The van der Waals surface area contributed by atoms with Gasteiger partial charge in [-0.3, -0.25) is 4.57 Å². The monoisotopic (exact) mass is 237 g/mol. The van der Waals surface area contributed by atoms with E-state index in [2.05, 4.69) is 10.3 Å². The molecule has 0 saturated carbocycles. The molecule has 0 bridgehead atoms. The lowest BCUT2D eigenvalue weighted by Crippen LogP contribution is -2.07. The molecule has 1 aromatic heterocycles. The van der Waals surface area contributed by atoms with Crippen LogP contribution >= 0.6 is 0 Å². The van der Waals surface area contributed by atoms with E-state index in [1.807, 2.05) is 6.92 Å². The maximum atomic E-state index is 13.8. The zero-order chi connectivity index (χ0) is 12.4. The summed E-state index contributed by atoms with van der Waals surface area (Å²) in [5.74, 6) is -0.409. The van der Waals surface area contributed by atoms with Gasteiger partial charge in [-0.1, -0.05) is 0 Å². The summed E-state index contributed by atoms with van der Waals surface area (Å²) in [6.07, 6.45) is 3.13. The number of hydrogen-bond donors (Lipinski definition) is 1. The van der Waals surface area contributed by atoms with Crippen LogP contribution in [0.2, 0.25) is 0 Å². The molecule has 3 nitrogen and oxygen atoms in total. The largest absolute Gasteiger partial charge is 0.356 e. The minimum atomic E-state index is -0.471. The van der Waals surface area contributed by atoms with Crippen molar-refractivity contribution in [3.8, 4) is 5.69 Å². The van der Waals surface area contributed by atoms with Crippen LogP contribution in [0.3, 0.4) is 0 Å². The summed E-state index contributed by atoms with van der Waals surface area (Å²) in [4.78, 5) is 4.04. The molecule has 0 saturated heterocycles. The minimum Gasteiger partial charge on any atom is -0.356 e. The van der Waals surface area contributed by atoms with Crippen LogP contribution < -0.4 is 5.32 Å². The molecule has 1 N–H and O–H groups in total. The molecular weight excluding hydrogens is 224 g/mol. The molecule has 0 amide bonds. The Labute approximate surface area is 98.1 Å². The molecule has 0 fully saturated rings. The zero-order valence-electron chi connectivity index (χ0n) is 9.67. The van der Waals surface area contributed by atoms with Crippen molar-refractivity contribution in [2.75, 3.05) is 11.9 Å². The molecule has 0 aliphatic rings. The van der Waals surface area contributed by atoms with Crippen LogP contribution in [0.5, 0.6) is 0 Å². The maximum Gasteiger partial charge on any atom is 0.207 e. The number of benzene rings is 1. The van der Waals surface area contributed by atoms with E-state index >= 15 is 0 Å². The molecule has 1 heterocycles. The van der Waals surface area contributed by atoms with Gasteiger partial charge >= 0.3 is 0 Å². The average molecular weight is 237 g/mol. The molecule has 0 unspecified atom stereocenters. The Kier molecular flexibility index (Phi) is 3.08. The predicted octanol–water partition coefficient (Wildman–Crippen LogP) is 2.89. The van der Waals surface area contributed by atoms with Crippen LogP contribution in [-0.4, -0.2) is 16.1 Å². The van der Waals surface area contributed by atoms with Gasteiger partial charge in [0.2, 0.25) is 5.95 Å². The van der Waals surface area contributed by atoms with Crippen LogP contribution in [0, 0.1) is 18.6 Å². The number of imidazole rings is 1. The van der Waals surface area contributed by atoms with E-state index < -0.39 is 11.6 Å². The number of halogens is 2. The molecular formula is C12H13F2N3. The second-order valence-corrected chi connectivity index (χ2v) is 3.70. The van der Waals surface area contributed by atoms with E-state index in [-0.39, 0.29) is 11.3 Å². The van der Waals surface area contributed by atoms with E-state index in [9.17, 15) is 8.78 Å². The number of nitrogens with zero attached hydrogens (tertiary/aromatic N) is 2. The first-order chi connectivity index (χ1) is 8.13. The van der Waals surface area contributed by atoms with Gasteiger partial charge in [0.1, 0.15) is 11.6 Å². The third-order valence-corrected chi connectivity index (χ3v) is 2.46. The Morgan fingerprint density at radius 2 is 2.06 bits per heavy atom. The maximum absolute atomic E-state index is 13.8. The minimum absolute atomic E-state index is 0.154. The van der Waals surface area contributed by atoms with Gasteiger partial charge in [-0.2, -0.15) is 0 Å². The Hall–Kier alpha value is -1.91. The zero-order valence-corrected chi connectivity index (χ0v) is 9.67. The lowest BCUT2D eigenvalue weighted by molar-refractivity contribution is 0.586. The van der Waals surface area contributed by atoms with Crippen molar-refractivity contribution in [3.63, 3.8) is 0 Å². The lowest BCUT2D eigenvalue weighted by atomic mass is 10.2. The van der Waals surface area contributed by atoms with E-state index in [4.69, 9.17) is 0 Å². The molecule has 1 aromatic carbocycles. The third kappa shape index (κ3) is 2.13. The third-order valence-electron chi connectivity index (χ3n) is 2.46. The van der Waals surface area contributed by atoms with Crippen LogP contribution in [-0.2, 0) is 0 Å². The summed E-state index contributed by atoms with van der Waals surface area (Å²) >= 11 is 0. The van der Waals surface area contributed by atoms with Crippen molar-refractivity contribution in [1.29, 1.82) is 0 Å². The number of hydrogen-bond acceptors (Lipinski definition) is 2. The van der Waals surface area contributed by atoms with Crippen LogP contribution in [0.15, 0.2) is 24.5 Å². The SMILES string of the molecule is CCNc1nccn1-c1cc(F)c(C)cc1F. The van der Waals surface area contributed by atoms with Crippen molar-refractivity contribution < 1.29 is 8.78 Å². The van der Waals surface area contributed by atoms with E-state index in [1.54, 1.807) is 6.20 Å². The van der Waals surface area contributed by atoms with Crippen molar-refractivity contribution >= 4 is 5.95 Å². The standard InChI is InChI=1S/C12H13F2N3/c1-3-15-12-16-4-5-17(12)11-7-9(13)8(2)6-10(11)14/h4-7H,3H2,1-2H3,(H,15,16). The van der Waals surface area contributed by atoms with Gasteiger partial charge in [0.25, 0.3) is 0 Å². The first kappa shape index (κ1) is 11.6. The predicted molar refractivity (Wildman–Crippen MR) is 62.4 cm³/mol. The van der Waals surface area contributed by atoms with Gasteiger partial charge in [0, 0.05) is 25.0 Å². The quantitative estimate of drug-likeness (QED) is 0.889. The molecule has 2 aromatic rings. The van der Waals surface area contributed by atoms with Gasteiger partial charge in [-0.05, 0) is 25.5 Å². The summed E-state index contributed by atoms with van der Waals surface area (Å²) in [5, 5.41) is 2.98. The van der Waals surface area contributed by atoms with Gasteiger partial charge in [-0.15, -0.1) is 0 Å². The number of nitrogens with one attached hydrogen (secondary N) is 1. The van der Waals surface area contributed by atoms with Crippen LogP contribution in [0.1, 0.15) is 12.5 Å². The molecule has 0 atom stereocenters. The average Bonchev–Trinajstić information content (AvgIpc) is 2.72. The topological polar surface area (TPSA) is 29.9 Å². The Bertz CT molecular complexity index is 535. The van der Waals surface area contributed by atoms with Crippen LogP contribution in [0.25, 0.3) is 5.69 Å². The first-order valence-electron chi connectivity index (χ1n) is 5.36. The number of anilines is 1. The molecule has 0 aliphatic carbocycles. The van der Waals surface area contributed by atoms with Crippen molar-refractivity contribution in [1.82, 2.24) is 9.55 Å². The number of aromatic nitrogens is 2. The smallest absolute Gasteiger partial charge is 0.207 e. The molecule has 17 heavy (non-hydrogen) atoms. The van der Waals surface area contributed by atoms with Crippen molar-refractivity contribution in [2.24, 2.45) is 0 Å². The second-order valence-electron chi connectivity index (χ2n) is 3.70. The summed E-state index contributed by atoms with van der Waals surface area (Å²) < 4.78 is 28.7. The first-order valence-corrected chi connectivity index (χ1v) is 5.36. The fourth-order valence-corrected chi connectivity index (χ4v) is 1.61. The summed E-state index contributed by atoms with van der Waals surface area (Å²) in [7, 11) is 0. The van der Waals surface area contributed by atoms with Gasteiger partial charge < -0.3 is 5.32 Å². The highest BCUT2D eigenvalue weighted by Gasteiger charge is 2.11. The van der Waals surface area contributed by atoms with Crippen molar-refractivity contribution in [2.45, 2.75) is 13.8 Å². The van der Waals surface area contributed by atoms with E-state index in [0.29, 0.717) is 12.5 Å². The Morgan fingerprint density at radius 1 is 1.29 bits per heavy atom. The van der Waals surface area contributed by atoms with E-state index in [1.165, 1.54) is 29.8 Å². The summed E-state index contributed by atoms with van der Waals surface area (Å²) in [6, 6.07) is 2.35. The highest BCUT2D eigenvalue weighted by atomic mass is 19.1.